The van der Waals surface area contributed by atoms with Gasteiger partial charge < -0.3 is 5.32 Å². The number of anilines is 1. The third-order valence-corrected chi connectivity index (χ3v) is 4.23. The number of thiophene rings is 1. The molecule has 1 aliphatic heterocycles. The smallest absolute Gasteiger partial charge is 0.361 e. The molecule has 3 heterocycles. The molecule has 104 valence electrons. The van der Waals surface area contributed by atoms with Gasteiger partial charge in [0.2, 0.25) is 0 Å². The minimum absolute atomic E-state index is 0.125. The minimum Gasteiger partial charge on any atom is -0.361 e. The number of nitriles is 1. The van der Waals surface area contributed by atoms with Gasteiger partial charge in [0.1, 0.15) is 17.5 Å². The molecule has 8 heteroatoms. The fourth-order valence-corrected chi connectivity index (χ4v) is 3.11. The number of nitrogens with one attached hydrogen (secondary N) is 1. The summed E-state index contributed by atoms with van der Waals surface area (Å²) in [6, 6.07) is 3.27. The van der Waals surface area contributed by atoms with Crippen LogP contribution in [0.4, 0.5) is 19.0 Å². The second kappa shape index (κ2) is 4.52. The van der Waals surface area contributed by atoms with E-state index in [0.29, 0.717) is 0 Å². The molecule has 0 aromatic carbocycles. The van der Waals surface area contributed by atoms with Crippen molar-refractivity contribution in [1.29, 1.82) is 5.26 Å². The first-order valence-electron chi connectivity index (χ1n) is 5.85. The monoisotopic (exact) mass is 298 g/mol. The first-order valence-corrected chi connectivity index (χ1v) is 6.73. The van der Waals surface area contributed by atoms with E-state index in [1.807, 2.05) is 11.4 Å². The molecule has 0 saturated heterocycles. The number of rotatable bonds is 1. The van der Waals surface area contributed by atoms with E-state index >= 15 is 0 Å². The van der Waals surface area contributed by atoms with E-state index in [0.717, 1.165) is 15.8 Å². The minimum atomic E-state index is -4.40. The Kier molecular flexibility index (Phi) is 2.94. The fraction of sp³-hybridized carbons (Fsp3) is 0.333. The van der Waals surface area contributed by atoms with E-state index in [9.17, 15) is 13.2 Å². The molecule has 0 amide bonds. The second-order valence-corrected chi connectivity index (χ2v) is 5.45. The normalized spacial score (nSPS) is 21.9. The molecule has 2 aromatic heterocycles. The maximum atomic E-state index is 13.2. The summed E-state index contributed by atoms with van der Waals surface area (Å²) in [6.07, 6.45) is -3.37. The Labute approximate surface area is 116 Å². The summed E-state index contributed by atoms with van der Waals surface area (Å²) in [7, 11) is 0. The van der Waals surface area contributed by atoms with E-state index in [-0.39, 0.29) is 17.8 Å². The Morgan fingerprint density at radius 1 is 1.50 bits per heavy atom. The number of aromatic nitrogens is 2. The van der Waals surface area contributed by atoms with Gasteiger partial charge in [-0.15, -0.1) is 11.3 Å². The molecule has 1 aliphatic rings. The van der Waals surface area contributed by atoms with E-state index in [4.69, 9.17) is 5.26 Å². The van der Waals surface area contributed by atoms with Crippen LogP contribution < -0.4 is 5.32 Å². The number of hydrogen-bond acceptors (Lipinski definition) is 4. The van der Waals surface area contributed by atoms with Crippen LogP contribution in [0.2, 0.25) is 0 Å². The van der Waals surface area contributed by atoms with Crippen LogP contribution in [0, 0.1) is 11.3 Å². The molecule has 0 aliphatic carbocycles. The van der Waals surface area contributed by atoms with Crippen LogP contribution in [0.1, 0.15) is 28.9 Å². The zero-order chi connectivity index (χ0) is 14.3. The number of nitrogens with zero attached hydrogens (tertiary/aromatic N) is 3. The zero-order valence-corrected chi connectivity index (χ0v) is 10.9. The Morgan fingerprint density at radius 3 is 2.90 bits per heavy atom. The van der Waals surface area contributed by atoms with Crippen molar-refractivity contribution in [1.82, 2.24) is 9.78 Å². The fourth-order valence-electron chi connectivity index (χ4n) is 2.32. The summed E-state index contributed by atoms with van der Waals surface area (Å²) in [4.78, 5) is 0.815. The summed E-state index contributed by atoms with van der Waals surface area (Å²) >= 11 is 1.39. The molecule has 0 radical (unpaired) electrons. The maximum absolute atomic E-state index is 13.2. The van der Waals surface area contributed by atoms with Crippen LogP contribution in [0.15, 0.2) is 23.7 Å². The number of alkyl halides is 3. The Balaban J connectivity index is 2.06. The lowest BCUT2D eigenvalue weighted by molar-refractivity contribution is -0.173. The van der Waals surface area contributed by atoms with Gasteiger partial charge in [-0.25, -0.2) is 4.68 Å². The summed E-state index contributed by atoms with van der Waals surface area (Å²) in [5.41, 5.74) is 0.125. The van der Waals surface area contributed by atoms with Crippen molar-refractivity contribution in [2.75, 3.05) is 5.32 Å². The second-order valence-electron chi connectivity index (χ2n) is 4.47. The van der Waals surface area contributed by atoms with Crippen LogP contribution in [-0.2, 0) is 0 Å². The lowest BCUT2D eigenvalue weighted by Gasteiger charge is -2.33. The summed E-state index contributed by atoms with van der Waals surface area (Å²) in [5, 5.41) is 17.5. The van der Waals surface area contributed by atoms with Crippen molar-refractivity contribution in [3.8, 4) is 6.07 Å². The molecule has 20 heavy (non-hydrogen) atoms. The van der Waals surface area contributed by atoms with E-state index in [1.54, 1.807) is 12.1 Å². The van der Waals surface area contributed by atoms with Crippen molar-refractivity contribution in [2.24, 2.45) is 0 Å². The molecule has 1 N–H and O–H groups in total. The van der Waals surface area contributed by atoms with E-state index < -0.39 is 18.3 Å². The number of halogens is 3. The summed E-state index contributed by atoms with van der Waals surface area (Å²) < 4.78 is 40.4. The molecule has 2 aromatic rings. The lowest BCUT2D eigenvalue weighted by Crippen LogP contribution is -2.35. The van der Waals surface area contributed by atoms with Gasteiger partial charge in [-0.3, -0.25) is 0 Å². The highest BCUT2D eigenvalue weighted by atomic mass is 32.1. The van der Waals surface area contributed by atoms with Crippen molar-refractivity contribution in [2.45, 2.75) is 24.7 Å². The van der Waals surface area contributed by atoms with Gasteiger partial charge in [-0.2, -0.15) is 23.5 Å². The van der Waals surface area contributed by atoms with Gasteiger partial charge in [-0.1, -0.05) is 6.07 Å². The molecule has 0 bridgehead atoms. The van der Waals surface area contributed by atoms with Gasteiger partial charge in [0.05, 0.1) is 12.2 Å². The SMILES string of the molecule is N#Cc1cnn2c1NC(c1cccs1)CC2C(F)(F)F. The van der Waals surface area contributed by atoms with Crippen molar-refractivity contribution in [3.63, 3.8) is 0 Å². The third-order valence-electron chi connectivity index (χ3n) is 3.25. The average molecular weight is 298 g/mol. The van der Waals surface area contributed by atoms with Crippen LogP contribution in [0.5, 0.6) is 0 Å². The van der Waals surface area contributed by atoms with E-state index in [2.05, 4.69) is 10.4 Å². The van der Waals surface area contributed by atoms with Crippen LogP contribution in [-0.4, -0.2) is 16.0 Å². The van der Waals surface area contributed by atoms with Crippen molar-refractivity contribution < 1.29 is 13.2 Å². The van der Waals surface area contributed by atoms with Gasteiger partial charge in [0.15, 0.2) is 6.04 Å². The predicted octanol–water partition coefficient (Wildman–Crippen LogP) is 3.48. The summed E-state index contributed by atoms with van der Waals surface area (Å²) in [5.74, 6) is 0.138. The molecular formula is C12H9F3N4S. The van der Waals surface area contributed by atoms with Crippen molar-refractivity contribution >= 4 is 17.2 Å². The zero-order valence-electron chi connectivity index (χ0n) is 10.1. The molecule has 0 spiro atoms. The Bertz CT molecular complexity index is 653. The first kappa shape index (κ1) is 13.0. The number of fused-ring (bicyclic) bond motifs is 1. The van der Waals surface area contributed by atoms with Gasteiger partial charge >= 0.3 is 6.18 Å². The number of hydrogen-bond donors (Lipinski definition) is 1. The van der Waals surface area contributed by atoms with Crippen LogP contribution in [0.25, 0.3) is 0 Å². The topological polar surface area (TPSA) is 53.6 Å². The average Bonchev–Trinajstić information content (AvgIpc) is 3.05. The summed E-state index contributed by atoms with van der Waals surface area (Å²) in [6.45, 7) is 0. The molecule has 3 rings (SSSR count). The van der Waals surface area contributed by atoms with Gasteiger partial charge in [0.25, 0.3) is 0 Å². The third kappa shape index (κ3) is 2.04. The highest BCUT2D eigenvalue weighted by Gasteiger charge is 2.47. The van der Waals surface area contributed by atoms with Crippen molar-refractivity contribution in [3.05, 3.63) is 34.2 Å². The molecular weight excluding hydrogens is 289 g/mol. The highest BCUT2D eigenvalue weighted by molar-refractivity contribution is 7.10. The molecule has 0 saturated carbocycles. The van der Waals surface area contributed by atoms with Gasteiger partial charge in [-0.05, 0) is 11.4 Å². The molecule has 0 fully saturated rings. The molecule has 2 unspecified atom stereocenters. The maximum Gasteiger partial charge on any atom is 0.410 e. The lowest BCUT2D eigenvalue weighted by atomic mass is 10.0. The molecule has 2 atom stereocenters. The molecule has 4 nitrogen and oxygen atoms in total. The quantitative estimate of drug-likeness (QED) is 0.877. The highest BCUT2D eigenvalue weighted by Crippen LogP contribution is 2.44. The first-order chi connectivity index (χ1) is 9.50. The Morgan fingerprint density at radius 2 is 2.30 bits per heavy atom. The van der Waals surface area contributed by atoms with Crippen LogP contribution >= 0.6 is 11.3 Å². The van der Waals surface area contributed by atoms with E-state index in [1.165, 1.54) is 11.3 Å². The largest absolute Gasteiger partial charge is 0.410 e. The Hall–Kier alpha value is -2.01. The predicted molar refractivity (Wildman–Crippen MR) is 67.3 cm³/mol. The van der Waals surface area contributed by atoms with Crippen LogP contribution in [0.3, 0.4) is 0 Å². The standard InChI is InChI=1S/C12H9F3N4S/c13-12(14,15)10-4-8(9-2-1-3-20-9)18-11-7(5-16)6-17-19(10)11/h1-3,6,8,10,18H,4H2. The van der Waals surface area contributed by atoms with Gasteiger partial charge in [0, 0.05) is 11.3 Å².